The van der Waals surface area contributed by atoms with Gasteiger partial charge in [-0.15, -0.1) is 0 Å². The monoisotopic (exact) mass is 248 g/mol. The third-order valence-electron chi connectivity index (χ3n) is 3.40. The number of hydrogen-bond acceptors (Lipinski definition) is 2. The number of benzene rings is 2. The predicted molar refractivity (Wildman–Crippen MR) is 79.1 cm³/mol. The Bertz CT molecular complexity index is 672. The highest BCUT2D eigenvalue weighted by Gasteiger charge is 2.15. The highest BCUT2D eigenvalue weighted by atomic mass is 14.9. The smallest absolute Gasteiger partial charge is 0.0755 e. The van der Waals surface area contributed by atoms with Crippen LogP contribution in [0.3, 0.4) is 0 Å². The van der Waals surface area contributed by atoms with Gasteiger partial charge in [0.15, 0.2) is 0 Å². The van der Waals surface area contributed by atoms with E-state index >= 15 is 0 Å². The molecule has 1 atom stereocenters. The molecule has 0 aliphatic carbocycles. The minimum Gasteiger partial charge on any atom is -0.308 e. The topological polar surface area (TPSA) is 24.9 Å². The van der Waals surface area contributed by atoms with Crippen LogP contribution < -0.4 is 5.32 Å². The molecule has 0 bridgehead atoms. The number of nitrogens with zero attached hydrogens (tertiary/aromatic N) is 1. The van der Waals surface area contributed by atoms with Crippen LogP contribution in [0.4, 0.5) is 0 Å². The first kappa shape index (κ1) is 11.9. The standard InChI is InChI=1S/C17H16N2/c1-18-16(14-8-3-2-4-9-14)17-15-10-6-5-7-13(15)11-12-19-17/h2-12,16,18H,1H3. The van der Waals surface area contributed by atoms with Crippen molar-refractivity contribution in [2.75, 3.05) is 7.05 Å². The maximum Gasteiger partial charge on any atom is 0.0755 e. The van der Waals surface area contributed by atoms with Gasteiger partial charge in [-0.1, -0.05) is 54.6 Å². The zero-order chi connectivity index (χ0) is 13.1. The Kier molecular flexibility index (Phi) is 3.25. The number of fused-ring (bicyclic) bond motifs is 1. The Balaban J connectivity index is 2.17. The van der Waals surface area contributed by atoms with Gasteiger partial charge in [0.1, 0.15) is 0 Å². The van der Waals surface area contributed by atoms with Gasteiger partial charge in [-0.25, -0.2) is 0 Å². The molecule has 0 radical (unpaired) electrons. The Labute approximate surface area is 113 Å². The Morgan fingerprint density at radius 2 is 1.63 bits per heavy atom. The van der Waals surface area contributed by atoms with Crippen molar-refractivity contribution in [1.82, 2.24) is 10.3 Å². The normalized spacial score (nSPS) is 12.5. The van der Waals surface area contributed by atoms with Crippen molar-refractivity contribution >= 4 is 10.8 Å². The van der Waals surface area contributed by atoms with Gasteiger partial charge in [-0.05, 0) is 24.1 Å². The zero-order valence-corrected chi connectivity index (χ0v) is 10.9. The second-order valence-electron chi connectivity index (χ2n) is 4.55. The molecule has 1 aromatic heterocycles. The van der Waals surface area contributed by atoms with Crippen LogP contribution in [0.15, 0.2) is 66.9 Å². The van der Waals surface area contributed by atoms with E-state index in [9.17, 15) is 0 Å². The maximum absolute atomic E-state index is 4.59. The molecule has 0 amide bonds. The summed E-state index contributed by atoms with van der Waals surface area (Å²) in [4.78, 5) is 4.59. The molecule has 2 nitrogen and oxygen atoms in total. The van der Waals surface area contributed by atoms with E-state index in [1.54, 1.807) is 0 Å². The van der Waals surface area contributed by atoms with Gasteiger partial charge in [0.05, 0.1) is 11.7 Å². The highest BCUT2D eigenvalue weighted by molar-refractivity contribution is 5.85. The van der Waals surface area contributed by atoms with Crippen LogP contribution >= 0.6 is 0 Å². The van der Waals surface area contributed by atoms with Crippen molar-refractivity contribution in [3.8, 4) is 0 Å². The van der Waals surface area contributed by atoms with Crippen molar-refractivity contribution in [3.05, 3.63) is 78.1 Å². The van der Waals surface area contributed by atoms with Gasteiger partial charge in [-0.3, -0.25) is 4.98 Å². The lowest BCUT2D eigenvalue weighted by Crippen LogP contribution is -2.19. The van der Waals surface area contributed by atoms with E-state index in [4.69, 9.17) is 0 Å². The summed E-state index contributed by atoms with van der Waals surface area (Å²) in [6.45, 7) is 0. The van der Waals surface area contributed by atoms with E-state index in [1.165, 1.54) is 16.3 Å². The molecular formula is C17H16N2. The second kappa shape index (κ2) is 5.21. The molecule has 3 rings (SSSR count). The number of nitrogens with one attached hydrogen (secondary N) is 1. The van der Waals surface area contributed by atoms with E-state index in [-0.39, 0.29) is 6.04 Å². The first-order chi connectivity index (χ1) is 9.40. The molecule has 3 aromatic rings. The first-order valence-electron chi connectivity index (χ1n) is 6.46. The fourth-order valence-corrected chi connectivity index (χ4v) is 2.48. The van der Waals surface area contributed by atoms with Crippen molar-refractivity contribution in [2.24, 2.45) is 0 Å². The van der Waals surface area contributed by atoms with Crippen molar-refractivity contribution in [3.63, 3.8) is 0 Å². The minimum atomic E-state index is 0.118. The van der Waals surface area contributed by atoms with E-state index < -0.39 is 0 Å². The highest BCUT2D eigenvalue weighted by Crippen LogP contribution is 2.26. The Hall–Kier alpha value is -2.19. The van der Waals surface area contributed by atoms with E-state index in [2.05, 4.69) is 64.9 Å². The van der Waals surface area contributed by atoms with Crippen LogP contribution in [0.2, 0.25) is 0 Å². The summed E-state index contributed by atoms with van der Waals surface area (Å²) in [5.41, 5.74) is 2.31. The lowest BCUT2D eigenvalue weighted by Gasteiger charge is -2.18. The molecule has 0 aliphatic heterocycles. The lowest BCUT2D eigenvalue weighted by atomic mass is 9.99. The molecule has 1 heterocycles. The van der Waals surface area contributed by atoms with Crippen molar-refractivity contribution in [2.45, 2.75) is 6.04 Å². The van der Waals surface area contributed by atoms with Crippen LogP contribution in [0.5, 0.6) is 0 Å². The lowest BCUT2D eigenvalue weighted by molar-refractivity contribution is 0.677. The fourth-order valence-electron chi connectivity index (χ4n) is 2.48. The van der Waals surface area contributed by atoms with E-state index in [1.807, 2.05) is 19.3 Å². The number of hydrogen-bond donors (Lipinski definition) is 1. The van der Waals surface area contributed by atoms with E-state index in [0.29, 0.717) is 0 Å². The van der Waals surface area contributed by atoms with Crippen LogP contribution in [-0.2, 0) is 0 Å². The molecule has 0 aliphatic rings. The van der Waals surface area contributed by atoms with Gasteiger partial charge in [0.25, 0.3) is 0 Å². The third-order valence-corrected chi connectivity index (χ3v) is 3.40. The number of rotatable bonds is 3. The molecule has 94 valence electrons. The molecule has 1 unspecified atom stereocenters. The summed E-state index contributed by atoms with van der Waals surface area (Å²) in [6.07, 6.45) is 1.88. The van der Waals surface area contributed by atoms with Crippen molar-refractivity contribution < 1.29 is 0 Å². The average Bonchev–Trinajstić information content (AvgIpc) is 2.49. The van der Waals surface area contributed by atoms with Gasteiger partial charge in [-0.2, -0.15) is 0 Å². The molecule has 1 N–H and O–H groups in total. The van der Waals surface area contributed by atoms with E-state index in [0.717, 1.165) is 5.69 Å². The van der Waals surface area contributed by atoms with Gasteiger partial charge in [0, 0.05) is 11.6 Å². The number of pyridine rings is 1. The van der Waals surface area contributed by atoms with Crippen LogP contribution in [0.1, 0.15) is 17.3 Å². The largest absolute Gasteiger partial charge is 0.308 e. The summed E-state index contributed by atoms with van der Waals surface area (Å²) in [6, 6.07) is 21.0. The zero-order valence-electron chi connectivity index (χ0n) is 10.9. The first-order valence-corrected chi connectivity index (χ1v) is 6.46. The molecule has 0 fully saturated rings. The van der Waals surface area contributed by atoms with Gasteiger partial charge >= 0.3 is 0 Å². The SMILES string of the molecule is CNC(c1ccccc1)c1nccc2ccccc12. The van der Waals surface area contributed by atoms with Crippen LogP contribution in [0.25, 0.3) is 10.8 Å². The number of aromatic nitrogens is 1. The quantitative estimate of drug-likeness (QED) is 0.766. The molecule has 2 aromatic carbocycles. The summed E-state index contributed by atoms with van der Waals surface area (Å²) in [5, 5.41) is 5.79. The van der Waals surface area contributed by atoms with Crippen LogP contribution in [-0.4, -0.2) is 12.0 Å². The van der Waals surface area contributed by atoms with Gasteiger partial charge < -0.3 is 5.32 Å². The predicted octanol–water partition coefficient (Wildman–Crippen LogP) is 3.54. The fraction of sp³-hybridized carbons (Fsp3) is 0.118. The summed E-state index contributed by atoms with van der Waals surface area (Å²) < 4.78 is 0. The average molecular weight is 248 g/mol. The minimum absolute atomic E-state index is 0.118. The van der Waals surface area contributed by atoms with Crippen molar-refractivity contribution in [1.29, 1.82) is 0 Å². The molecule has 0 saturated heterocycles. The van der Waals surface area contributed by atoms with Crippen LogP contribution in [0, 0.1) is 0 Å². The Morgan fingerprint density at radius 3 is 2.42 bits per heavy atom. The molecule has 0 spiro atoms. The summed E-state index contributed by atoms with van der Waals surface area (Å²) in [5.74, 6) is 0. The summed E-state index contributed by atoms with van der Waals surface area (Å²) in [7, 11) is 1.97. The summed E-state index contributed by atoms with van der Waals surface area (Å²) >= 11 is 0. The molecule has 19 heavy (non-hydrogen) atoms. The third kappa shape index (κ3) is 2.23. The molecular weight excluding hydrogens is 232 g/mol. The maximum atomic E-state index is 4.59. The second-order valence-corrected chi connectivity index (χ2v) is 4.55. The van der Waals surface area contributed by atoms with Gasteiger partial charge in [0.2, 0.25) is 0 Å². The molecule has 2 heteroatoms. The Morgan fingerprint density at radius 1 is 0.895 bits per heavy atom. The molecule has 0 saturated carbocycles.